The molecule has 2 aromatic rings. The van der Waals surface area contributed by atoms with Crippen molar-refractivity contribution >= 4 is 6.01 Å². The highest BCUT2D eigenvalue weighted by Crippen LogP contribution is 2.32. The third-order valence-electron chi connectivity index (χ3n) is 3.98. The maximum Gasteiger partial charge on any atom is 0.315 e. The molecular weight excluding hydrogens is 266 g/mol. The molecule has 1 N–H and O–H groups in total. The molecule has 2 heterocycles. The van der Waals surface area contributed by atoms with Gasteiger partial charge in [0.05, 0.1) is 6.20 Å². The SMILES string of the molecule is CCCn1cc(CNc2nnc(C3CCCCC3)o2)cn1. The van der Waals surface area contributed by atoms with Gasteiger partial charge in [-0.2, -0.15) is 5.10 Å². The van der Waals surface area contributed by atoms with Gasteiger partial charge in [0.25, 0.3) is 0 Å². The maximum atomic E-state index is 5.74. The fourth-order valence-electron chi connectivity index (χ4n) is 2.85. The summed E-state index contributed by atoms with van der Waals surface area (Å²) in [5, 5.41) is 15.8. The fraction of sp³-hybridized carbons (Fsp3) is 0.667. The minimum absolute atomic E-state index is 0.453. The number of nitrogens with zero attached hydrogens (tertiary/aromatic N) is 4. The molecule has 0 unspecified atom stereocenters. The van der Waals surface area contributed by atoms with Gasteiger partial charge in [-0.05, 0) is 19.3 Å². The highest BCUT2D eigenvalue weighted by Gasteiger charge is 2.21. The fourth-order valence-corrected chi connectivity index (χ4v) is 2.85. The van der Waals surface area contributed by atoms with Crippen LogP contribution < -0.4 is 5.32 Å². The second-order valence-corrected chi connectivity index (χ2v) is 5.75. The Morgan fingerprint density at radius 3 is 2.95 bits per heavy atom. The van der Waals surface area contributed by atoms with E-state index in [0.29, 0.717) is 18.5 Å². The first kappa shape index (κ1) is 14.1. The van der Waals surface area contributed by atoms with Gasteiger partial charge in [-0.25, -0.2) is 0 Å². The van der Waals surface area contributed by atoms with Crippen LogP contribution in [0.15, 0.2) is 16.8 Å². The molecule has 6 nitrogen and oxygen atoms in total. The molecule has 3 rings (SSSR count). The molecule has 0 spiro atoms. The van der Waals surface area contributed by atoms with Crippen LogP contribution in [0.3, 0.4) is 0 Å². The molecule has 0 aliphatic heterocycles. The number of aryl methyl sites for hydroxylation is 1. The van der Waals surface area contributed by atoms with E-state index in [2.05, 4.69) is 33.7 Å². The predicted octanol–water partition coefficient (Wildman–Crippen LogP) is 3.34. The summed E-state index contributed by atoms with van der Waals surface area (Å²) in [7, 11) is 0. The Balaban J connectivity index is 1.54. The lowest BCUT2D eigenvalue weighted by Crippen LogP contribution is -2.04. The molecule has 21 heavy (non-hydrogen) atoms. The number of aromatic nitrogens is 4. The smallest absolute Gasteiger partial charge is 0.315 e. The minimum atomic E-state index is 0.453. The van der Waals surface area contributed by atoms with E-state index >= 15 is 0 Å². The zero-order valence-electron chi connectivity index (χ0n) is 12.6. The normalized spacial score (nSPS) is 16.2. The number of hydrogen-bond acceptors (Lipinski definition) is 5. The Morgan fingerprint density at radius 1 is 1.29 bits per heavy atom. The molecule has 114 valence electrons. The second-order valence-electron chi connectivity index (χ2n) is 5.75. The van der Waals surface area contributed by atoms with Crippen LogP contribution in [0.1, 0.15) is 62.8 Å². The average Bonchev–Trinajstić information content (AvgIpc) is 3.16. The average molecular weight is 289 g/mol. The van der Waals surface area contributed by atoms with Crippen LogP contribution in [0.4, 0.5) is 6.01 Å². The second kappa shape index (κ2) is 6.74. The summed E-state index contributed by atoms with van der Waals surface area (Å²) in [6, 6.07) is 0.513. The van der Waals surface area contributed by atoms with E-state index in [1.165, 1.54) is 32.1 Å². The third kappa shape index (κ3) is 3.62. The van der Waals surface area contributed by atoms with Crippen LogP contribution in [-0.4, -0.2) is 20.0 Å². The molecule has 0 saturated heterocycles. The lowest BCUT2D eigenvalue weighted by Gasteiger charge is -2.17. The predicted molar refractivity (Wildman–Crippen MR) is 80.0 cm³/mol. The van der Waals surface area contributed by atoms with Crippen LogP contribution in [0.5, 0.6) is 0 Å². The number of rotatable bonds is 6. The number of hydrogen-bond donors (Lipinski definition) is 1. The summed E-state index contributed by atoms with van der Waals surface area (Å²) in [4.78, 5) is 0. The van der Waals surface area contributed by atoms with Crippen LogP contribution in [0.2, 0.25) is 0 Å². The number of anilines is 1. The molecule has 1 aliphatic carbocycles. The molecule has 0 aromatic carbocycles. The van der Waals surface area contributed by atoms with E-state index in [4.69, 9.17) is 4.42 Å². The molecule has 0 bridgehead atoms. The van der Waals surface area contributed by atoms with E-state index in [0.717, 1.165) is 24.4 Å². The summed E-state index contributed by atoms with van der Waals surface area (Å²) in [5.41, 5.74) is 1.13. The van der Waals surface area contributed by atoms with Crippen molar-refractivity contribution < 1.29 is 4.42 Å². The largest absolute Gasteiger partial charge is 0.408 e. The van der Waals surface area contributed by atoms with Gasteiger partial charge in [-0.15, -0.1) is 5.10 Å². The van der Waals surface area contributed by atoms with Gasteiger partial charge in [-0.3, -0.25) is 4.68 Å². The molecule has 1 aliphatic rings. The van der Waals surface area contributed by atoms with Crippen molar-refractivity contribution in [2.24, 2.45) is 0 Å². The van der Waals surface area contributed by atoms with E-state index in [1.807, 2.05) is 10.9 Å². The molecule has 0 amide bonds. The van der Waals surface area contributed by atoms with Crippen molar-refractivity contribution in [2.75, 3.05) is 5.32 Å². The van der Waals surface area contributed by atoms with Crippen molar-refractivity contribution in [3.63, 3.8) is 0 Å². The zero-order valence-corrected chi connectivity index (χ0v) is 12.6. The Labute approximate surface area is 124 Å². The highest BCUT2D eigenvalue weighted by molar-refractivity contribution is 5.21. The highest BCUT2D eigenvalue weighted by atomic mass is 16.4. The summed E-state index contributed by atoms with van der Waals surface area (Å²) >= 11 is 0. The maximum absolute atomic E-state index is 5.74. The van der Waals surface area contributed by atoms with Crippen LogP contribution in [0, 0.1) is 0 Å². The van der Waals surface area contributed by atoms with Gasteiger partial charge in [0, 0.05) is 30.8 Å². The Bertz CT molecular complexity index is 556. The first-order chi connectivity index (χ1) is 10.3. The van der Waals surface area contributed by atoms with Crippen molar-refractivity contribution in [2.45, 2.75) is 64.5 Å². The molecule has 1 saturated carbocycles. The first-order valence-electron chi connectivity index (χ1n) is 7.93. The molecule has 1 fully saturated rings. The summed E-state index contributed by atoms with van der Waals surface area (Å²) in [6.07, 6.45) is 11.2. The monoisotopic (exact) mass is 289 g/mol. The minimum Gasteiger partial charge on any atom is -0.408 e. The van der Waals surface area contributed by atoms with Gasteiger partial charge in [0.15, 0.2) is 0 Å². The number of nitrogens with one attached hydrogen (secondary N) is 1. The Morgan fingerprint density at radius 2 is 2.14 bits per heavy atom. The summed E-state index contributed by atoms with van der Waals surface area (Å²) in [5.74, 6) is 1.24. The van der Waals surface area contributed by atoms with Crippen molar-refractivity contribution in [1.82, 2.24) is 20.0 Å². The lowest BCUT2D eigenvalue weighted by molar-refractivity contribution is 0.367. The standard InChI is InChI=1S/C15H23N5O/c1-2-8-20-11-12(10-17-20)9-16-15-19-18-14(21-15)13-6-4-3-5-7-13/h10-11,13H,2-9H2,1H3,(H,16,19). The van der Waals surface area contributed by atoms with Crippen LogP contribution in [0.25, 0.3) is 0 Å². The zero-order chi connectivity index (χ0) is 14.5. The topological polar surface area (TPSA) is 68.8 Å². The van der Waals surface area contributed by atoms with E-state index in [1.54, 1.807) is 0 Å². The first-order valence-corrected chi connectivity index (χ1v) is 7.93. The van der Waals surface area contributed by atoms with E-state index < -0.39 is 0 Å². The summed E-state index contributed by atoms with van der Waals surface area (Å²) in [6.45, 7) is 3.76. The molecule has 0 radical (unpaired) electrons. The Hall–Kier alpha value is -1.85. The van der Waals surface area contributed by atoms with Crippen LogP contribution >= 0.6 is 0 Å². The van der Waals surface area contributed by atoms with Gasteiger partial charge < -0.3 is 9.73 Å². The molecule has 6 heteroatoms. The molecule has 2 aromatic heterocycles. The van der Waals surface area contributed by atoms with Gasteiger partial charge in [0.1, 0.15) is 0 Å². The van der Waals surface area contributed by atoms with Crippen molar-refractivity contribution in [3.05, 3.63) is 23.8 Å². The van der Waals surface area contributed by atoms with Crippen molar-refractivity contribution in [1.29, 1.82) is 0 Å². The molecular formula is C15H23N5O. The lowest BCUT2D eigenvalue weighted by atomic mass is 9.89. The Kier molecular flexibility index (Phi) is 4.52. The van der Waals surface area contributed by atoms with Crippen LogP contribution in [-0.2, 0) is 13.1 Å². The summed E-state index contributed by atoms with van der Waals surface area (Å²) < 4.78 is 7.70. The van der Waals surface area contributed by atoms with E-state index in [9.17, 15) is 0 Å². The van der Waals surface area contributed by atoms with Gasteiger partial charge in [-0.1, -0.05) is 31.3 Å². The third-order valence-corrected chi connectivity index (χ3v) is 3.98. The van der Waals surface area contributed by atoms with Gasteiger partial charge in [0.2, 0.25) is 5.89 Å². The van der Waals surface area contributed by atoms with Crippen molar-refractivity contribution in [3.8, 4) is 0 Å². The molecule has 0 atom stereocenters. The van der Waals surface area contributed by atoms with Gasteiger partial charge >= 0.3 is 6.01 Å². The van der Waals surface area contributed by atoms with E-state index in [-0.39, 0.29) is 0 Å². The quantitative estimate of drug-likeness (QED) is 0.883.